The topological polar surface area (TPSA) is 69.7 Å². The lowest BCUT2D eigenvalue weighted by atomic mass is 9.79. The number of fused-ring (bicyclic) bond motifs is 3. The van der Waals surface area contributed by atoms with Gasteiger partial charge < -0.3 is 9.47 Å². The van der Waals surface area contributed by atoms with Crippen LogP contribution in [0.5, 0.6) is 0 Å². The predicted octanol–water partition coefficient (Wildman–Crippen LogP) is 3.14. The maximum atomic E-state index is 12.4. The van der Waals surface area contributed by atoms with Crippen molar-refractivity contribution in [2.24, 2.45) is 17.8 Å². The summed E-state index contributed by atoms with van der Waals surface area (Å²) in [4.78, 5) is 36.8. The molecule has 0 radical (unpaired) electrons. The van der Waals surface area contributed by atoms with Crippen LogP contribution in [0, 0.1) is 17.8 Å². The van der Waals surface area contributed by atoms with Gasteiger partial charge in [-0.1, -0.05) is 41.3 Å². The average Bonchev–Trinajstić information content (AvgIpc) is 2.89. The number of alkyl halides is 2. The lowest BCUT2D eigenvalue weighted by Gasteiger charge is -2.30. The molecule has 1 saturated heterocycles. The summed E-state index contributed by atoms with van der Waals surface area (Å²) in [6.07, 6.45) is 0.774. The van der Waals surface area contributed by atoms with Crippen LogP contribution in [0.2, 0.25) is 0 Å². The highest BCUT2D eigenvalue weighted by Crippen LogP contribution is 2.48. The minimum absolute atomic E-state index is 0.0687. The maximum absolute atomic E-state index is 12.4. The van der Waals surface area contributed by atoms with E-state index in [1.165, 1.54) is 6.92 Å². The van der Waals surface area contributed by atoms with Crippen molar-refractivity contribution in [2.75, 3.05) is 0 Å². The van der Waals surface area contributed by atoms with E-state index in [0.717, 1.165) is 11.1 Å². The van der Waals surface area contributed by atoms with Crippen LogP contribution in [-0.4, -0.2) is 34.3 Å². The van der Waals surface area contributed by atoms with Gasteiger partial charge in [-0.2, -0.15) is 0 Å². The molecule has 0 aromatic heterocycles. The fraction of sp³-hybridized carbons (Fsp3) is 0.611. The van der Waals surface area contributed by atoms with Gasteiger partial charge >= 0.3 is 11.9 Å². The number of carbonyl (C=O) groups is 3. The van der Waals surface area contributed by atoms with E-state index in [4.69, 9.17) is 32.7 Å². The van der Waals surface area contributed by atoms with Crippen molar-refractivity contribution in [3.8, 4) is 0 Å². The summed E-state index contributed by atoms with van der Waals surface area (Å²) in [6.45, 7) is 6.80. The molecule has 0 amide bonds. The zero-order chi connectivity index (χ0) is 18.7. The Morgan fingerprint density at radius 2 is 1.96 bits per heavy atom. The summed E-state index contributed by atoms with van der Waals surface area (Å²) < 4.78 is 9.50. The molecule has 1 heterocycles. The normalized spacial score (nSPS) is 35.0. The molecule has 0 aromatic rings. The van der Waals surface area contributed by atoms with Crippen LogP contribution >= 0.6 is 23.2 Å². The molecule has 1 aliphatic heterocycles. The Labute approximate surface area is 156 Å². The average molecular weight is 387 g/mol. The number of carbonyl (C=O) groups excluding carboxylic acids is 3. The molecule has 0 aromatic carbocycles. The molecule has 0 bridgehead atoms. The lowest BCUT2D eigenvalue weighted by Crippen LogP contribution is -2.40. The van der Waals surface area contributed by atoms with Crippen molar-refractivity contribution >= 4 is 40.9 Å². The number of hydrogen-bond acceptors (Lipinski definition) is 5. The van der Waals surface area contributed by atoms with Crippen LogP contribution in [0.4, 0.5) is 0 Å². The summed E-state index contributed by atoms with van der Waals surface area (Å²) in [7, 11) is 0. The van der Waals surface area contributed by atoms with Gasteiger partial charge in [0.2, 0.25) is 4.33 Å². The van der Waals surface area contributed by atoms with Crippen LogP contribution in [0.3, 0.4) is 0 Å². The van der Waals surface area contributed by atoms with Crippen LogP contribution < -0.4 is 0 Å². The first-order chi connectivity index (χ1) is 11.5. The van der Waals surface area contributed by atoms with Crippen molar-refractivity contribution in [3.63, 3.8) is 0 Å². The van der Waals surface area contributed by atoms with Gasteiger partial charge in [0.05, 0.1) is 5.92 Å². The molecule has 3 rings (SSSR count). The minimum Gasteiger partial charge on any atom is -0.461 e. The van der Waals surface area contributed by atoms with Crippen LogP contribution in [0.25, 0.3) is 0 Å². The highest BCUT2D eigenvalue weighted by molar-refractivity contribution is 6.57. The second kappa shape index (κ2) is 6.13. The van der Waals surface area contributed by atoms with Crippen molar-refractivity contribution < 1.29 is 23.9 Å². The number of ketones is 1. The molecule has 2 aliphatic carbocycles. The van der Waals surface area contributed by atoms with Crippen molar-refractivity contribution in [3.05, 3.63) is 22.8 Å². The van der Waals surface area contributed by atoms with E-state index in [2.05, 4.69) is 0 Å². The maximum Gasteiger partial charge on any atom is 0.342 e. The van der Waals surface area contributed by atoms with Crippen LogP contribution in [0.1, 0.15) is 34.1 Å². The fourth-order valence-electron chi connectivity index (χ4n) is 4.15. The van der Waals surface area contributed by atoms with Gasteiger partial charge in [-0.05, 0) is 26.8 Å². The van der Waals surface area contributed by atoms with Crippen molar-refractivity contribution in [1.82, 2.24) is 0 Å². The Morgan fingerprint density at radius 3 is 2.56 bits per heavy atom. The first kappa shape index (κ1) is 18.5. The third-order valence-electron chi connectivity index (χ3n) is 5.35. The summed E-state index contributed by atoms with van der Waals surface area (Å²) in [6, 6.07) is 0. The number of halogens is 2. The summed E-state index contributed by atoms with van der Waals surface area (Å²) in [5, 5.41) is 0. The summed E-state index contributed by atoms with van der Waals surface area (Å²) in [5.41, 5.74) is 2.35. The number of allylic oxidation sites excluding steroid dienone is 1. The summed E-state index contributed by atoms with van der Waals surface area (Å²) >= 11 is 11.7. The molecule has 5 nitrogen and oxygen atoms in total. The second-order valence-electron chi connectivity index (χ2n) is 7.23. The van der Waals surface area contributed by atoms with E-state index < -0.39 is 28.4 Å². The summed E-state index contributed by atoms with van der Waals surface area (Å²) in [5.74, 6) is -2.28. The van der Waals surface area contributed by atoms with Gasteiger partial charge in [-0.3, -0.25) is 9.59 Å². The fourth-order valence-corrected chi connectivity index (χ4v) is 4.24. The van der Waals surface area contributed by atoms with Crippen molar-refractivity contribution in [2.45, 2.75) is 50.7 Å². The van der Waals surface area contributed by atoms with Crippen LogP contribution in [-0.2, 0) is 23.9 Å². The number of ether oxygens (including phenoxy) is 2. The standard InChI is InChI=1S/C18H20Cl2O5/c1-7-5-10(21)12-8(2)6-11(24-17(23)18(4,19)20)14-9(3)16(22)25-15(14)13(7)12/h5,9,11,13-15H,6H2,1-4H3/t9-,11-,13-,14+,15+/m0/s1. The highest BCUT2D eigenvalue weighted by Gasteiger charge is 2.55. The third-order valence-corrected chi connectivity index (χ3v) is 5.66. The molecular weight excluding hydrogens is 367 g/mol. The predicted molar refractivity (Wildman–Crippen MR) is 92.1 cm³/mol. The van der Waals surface area contributed by atoms with Gasteiger partial charge in [-0.25, -0.2) is 4.79 Å². The molecule has 5 atom stereocenters. The lowest BCUT2D eigenvalue weighted by molar-refractivity contribution is -0.154. The zero-order valence-electron chi connectivity index (χ0n) is 14.5. The number of esters is 2. The van der Waals surface area contributed by atoms with Gasteiger partial charge in [0, 0.05) is 23.8 Å². The molecule has 0 unspecified atom stereocenters. The zero-order valence-corrected chi connectivity index (χ0v) is 16.0. The Morgan fingerprint density at radius 1 is 1.32 bits per heavy atom. The van der Waals surface area contributed by atoms with Gasteiger partial charge in [0.25, 0.3) is 0 Å². The SMILES string of the molecule is CC1=CC(=O)C2=C(C)C[C@H](OC(=O)C(C)(Cl)Cl)[C@@H]3[C@H](OC(=O)[C@H]3C)[C@@H]12. The van der Waals surface area contributed by atoms with Crippen molar-refractivity contribution in [1.29, 1.82) is 0 Å². The first-order valence-electron chi connectivity index (χ1n) is 8.24. The number of rotatable bonds is 2. The quantitative estimate of drug-likeness (QED) is 0.538. The molecular formula is C18H20Cl2O5. The molecule has 136 valence electrons. The monoisotopic (exact) mass is 386 g/mol. The molecule has 1 fully saturated rings. The van der Waals surface area contributed by atoms with E-state index in [-0.39, 0.29) is 23.6 Å². The molecule has 0 N–H and O–H groups in total. The molecule has 25 heavy (non-hydrogen) atoms. The molecule has 0 spiro atoms. The van der Waals surface area contributed by atoms with Gasteiger partial charge in [-0.15, -0.1) is 0 Å². The van der Waals surface area contributed by atoms with Crippen LogP contribution in [0.15, 0.2) is 22.8 Å². The Kier molecular flexibility index (Phi) is 4.53. The Bertz CT molecular complexity index is 715. The van der Waals surface area contributed by atoms with Gasteiger partial charge in [0.15, 0.2) is 5.78 Å². The van der Waals surface area contributed by atoms with Gasteiger partial charge in [0.1, 0.15) is 12.2 Å². The van der Waals surface area contributed by atoms with E-state index >= 15 is 0 Å². The largest absolute Gasteiger partial charge is 0.461 e. The third kappa shape index (κ3) is 3.02. The Hall–Kier alpha value is -1.33. The Balaban J connectivity index is 2.03. The van der Waals surface area contributed by atoms with E-state index in [1.807, 2.05) is 13.8 Å². The molecule has 0 saturated carbocycles. The highest BCUT2D eigenvalue weighted by atomic mass is 35.5. The molecule has 3 aliphatic rings. The first-order valence-corrected chi connectivity index (χ1v) is 8.99. The molecule has 7 heteroatoms. The number of hydrogen-bond donors (Lipinski definition) is 0. The van der Waals surface area contributed by atoms with E-state index in [9.17, 15) is 14.4 Å². The minimum atomic E-state index is -1.68. The second-order valence-corrected chi connectivity index (χ2v) is 8.93. The smallest absolute Gasteiger partial charge is 0.342 e. The van der Waals surface area contributed by atoms with E-state index in [1.54, 1.807) is 13.0 Å². The van der Waals surface area contributed by atoms with E-state index in [0.29, 0.717) is 12.0 Å².